The molecule has 3 aromatic rings. The lowest BCUT2D eigenvalue weighted by molar-refractivity contribution is -0.148. The second kappa shape index (κ2) is 8.26. The molecule has 0 aliphatic rings. The Morgan fingerprint density at radius 1 is 1.25 bits per heavy atom. The molecule has 3 rings (SSSR count). The summed E-state index contributed by atoms with van der Waals surface area (Å²) in [6.45, 7) is 3.44. The summed E-state index contributed by atoms with van der Waals surface area (Å²) in [5, 5.41) is 14.6. The van der Waals surface area contributed by atoms with Crippen LogP contribution in [0.4, 0.5) is 0 Å². The van der Waals surface area contributed by atoms with E-state index in [-0.39, 0.29) is 29.8 Å². The highest BCUT2D eigenvalue weighted by Crippen LogP contribution is 2.22. The number of thiophene rings is 1. The fourth-order valence-electron chi connectivity index (χ4n) is 2.69. The van der Waals surface area contributed by atoms with E-state index in [0.29, 0.717) is 15.8 Å². The minimum Gasteiger partial charge on any atom is -0.508 e. The molecule has 0 saturated carbocycles. The number of benzene rings is 1. The Bertz CT molecular complexity index is 1050. The highest BCUT2D eigenvalue weighted by Gasteiger charge is 2.26. The fraction of sp³-hybridized carbons (Fsp3) is 0.250. The van der Waals surface area contributed by atoms with Gasteiger partial charge < -0.3 is 19.6 Å². The molecular formula is C20H19NO6S. The molecular weight excluding hydrogens is 382 g/mol. The Kier molecular flexibility index (Phi) is 5.79. The molecule has 0 radical (unpaired) electrons. The molecule has 1 atom stereocenters. The number of phenols is 1. The number of fused-ring (bicyclic) bond motifs is 1. The van der Waals surface area contributed by atoms with Gasteiger partial charge in [0.05, 0.1) is 4.88 Å². The van der Waals surface area contributed by atoms with Crippen molar-refractivity contribution in [2.24, 2.45) is 5.92 Å². The molecule has 0 saturated heterocycles. The van der Waals surface area contributed by atoms with Crippen LogP contribution in [0.15, 0.2) is 51.0 Å². The molecule has 146 valence electrons. The van der Waals surface area contributed by atoms with Gasteiger partial charge in [0.15, 0.2) is 0 Å². The number of carbonyl (C=O) groups excluding carboxylic acids is 2. The first-order valence-electron chi connectivity index (χ1n) is 8.62. The Balaban J connectivity index is 1.75. The molecule has 0 aliphatic carbocycles. The minimum absolute atomic E-state index is 0.0408. The fourth-order valence-corrected chi connectivity index (χ4v) is 3.32. The van der Waals surface area contributed by atoms with Crippen molar-refractivity contribution in [3.05, 3.63) is 62.6 Å². The molecule has 28 heavy (non-hydrogen) atoms. The third-order valence-corrected chi connectivity index (χ3v) is 5.00. The Hall–Kier alpha value is -3.13. The number of nitrogens with one attached hydrogen (secondary N) is 1. The van der Waals surface area contributed by atoms with Crippen LogP contribution < -0.4 is 10.9 Å². The van der Waals surface area contributed by atoms with Crippen LogP contribution in [0.25, 0.3) is 11.0 Å². The van der Waals surface area contributed by atoms with Gasteiger partial charge in [-0.25, -0.2) is 9.59 Å². The van der Waals surface area contributed by atoms with Crippen molar-refractivity contribution in [3.63, 3.8) is 0 Å². The first-order chi connectivity index (χ1) is 13.3. The van der Waals surface area contributed by atoms with Crippen molar-refractivity contribution >= 4 is 34.2 Å². The molecule has 2 aromatic heterocycles. The number of esters is 1. The Labute approximate surface area is 164 Å². The van der Waals surface area contributed by atoms with Crippen LogP contribution in [0.3, 0.4) is 0 Å². The minimum atomic E-state index is -0.829. The van der Waals surface area contributed by atoms with Gasteiger partial charge in [-0.2, -0.15) is 0 Å². The van der Waals surface area contributed by atoms with E-state index in [9.17, 15) is 19.5 Å². The highest BCUT2D eigenvalue weighted by atomic mass is 32.1. The molecule has 0 unspecified atom stereocenters. The number of aromatic hydroxyl groups is 1. The van der Waals surface area contributed by atoms with E-state index >= 15 is 0 Å². The van der Waals surface area contributed by atoms with Gasteiger partial charge in [-0.3, -0.25) is 4.79 Å². The topological polar surface area (TPSA) is 106 Å². The van der Waals surface area contributed by atoms with Gasteiger partial charge in [-0.1, -0.05) is 19.9 Å². The third-order valence-electron chi connectivity index (χ3n) is 4.14. The van der Waals surface area contributed by atoms with Gasteiger partial charge in [0, 0.05) is 23.1 Å². The van der Waals surface area contributed by atoms with E-state index in [1.807, 2.05) is 0 Å². The van der Waals surface area contributed by atoms with Gasteiger partial charge in [-0.05, 0) is 29.5 Å². The van der Waals surface area contributed by atoms with Crippen molar-refractivity contribution < 1.29 is 23.8 Å². The number of hydrogen-bond donors (Lipinski definition) is 2. The van der Waals surface area contributed by atoms with Gasteiger partial charge in [0.25, 0.3) is 5.91 Å². The predicted molar refractivity (Wildman–Crippen MR) is 104 cm³/mol. The first kappa shape index (κ1) is 19.6. The number of carbonyl (C=O) groups is 2. The zero-order valence-electron chi connectivity index (χ0n) is 15.3. The summed E-state index contributed by atoms with van der Waals surface area (Å²) in [4.78, 5) is 37.1. The predicted octanol–water partition coefficient (Wildman–Crippen LogP) is 3.06. The van der Waals surface area contributed by atoms with E-state index in [0.717, 1.165) is 0 Å². The zero-order valence-corrected chi connectivity index (χ0v) is 16.1. The van der Waals surface area contributed by atoms with Crippen molar-refractivity contribution in [1.82, 2.24) is 5.32 Å². The maximum absolute atomic E-state index is 12.6. The van der Waals surface area contributed by atoms with Gasteiger partial charge >= 0.3 is 11.6 Å². The lowest BCUT2D eigenvalue weighted by atomic mass is 10.0. The molecule has 0 aliphatic heterocycles. The number of phenolic OH excluding ortho intramolecular Hbond substituents is 1. The van der Waals surface area contributed by atoms with Crippen molar-refractivity contribution in [3.8, 4) is 5.75 Å². The largest absolute Gasteiger partial charge is 0.508 e. The number of hydrogen-bond acceptors (Lipinski definition) is 7. The summed E-state index contributed by atoms with van der Waals surface area (Å²) in [5.41, 5.74) is 0.0344. The number of amides is 1. The summed E-state index contributed by atoms with van der Waals surface area (Å²) in [6, 6.07) is 8.19. The lowest BCUT2D eigenvalue weighted by Gasteiger charge is -2.20. The summed E-state index contributed by atoms with van der Waals surface area (Å²) in [6.07, 6.45) is 0. The van der Waals surface area contributed by atoms with E-state index in [2.05, 4.69) is 5.32 Å². The van der Waals surface area contributed by atoms with Gasteiger partial charge in [0.1, 0.15) is 24.0 Å². The average molecular weight is 401 g/mol. The summed E-state index contributed by atoms with van der Waals surface area (Å²) < 4.78 is 10.4. The summed E-state index contributed by atoms with van der Waals surface area (Å²) in [7, 11) is 0. The highest BCUT2D eigenvalue weighted by molar-refractivity contribution is 7.12. The van der Waals surface area contributed by atoms with Crippen LogP contribution >= 0.6 is 11.3 Å². The molecule has 1 amide bonds. The zero-order chi connectivity index (χ0) is 20.3. The van der Waals surface area contributed by atoms with Gasteiger partial charge in [0.2, 0.25) is 0 Å². The van der Waals surface area contributed by atoms with E-state index in [1.165, 1.54) is 29.5 Å². The lowest BCUT2D eigenvalue weighted by Crippen LogP contribution is -2.45. The molecule has 1 aromatic carbocycles. The maximum Gasteiger partial charge on any atom is 0.336 e. The molecule has 8 heteroatoms. The number of ether oxygens (including phenoxy) is 1. The monoisotopic (exact) mass is 401 g/mol. The Morgan fingerprint density at radius 2 is 2.04 bits per heavy atom. The van der Waals surface area contributed by atoms with E-state index < -0.39 is 17.6 Å². The second-order valence-electron chi connectivity index (χ2n) is 6.55. The molecule has 2 N–H and O–H groups in total. The molecule has 2 heterocycles. The van der Waals surface area contributed by atoms with Crippen LogP contribution in [0.2, 0.25) is 0 Å². The molecule has 7 nitrogen and oxygen atoms in total. The van der Waals surface area contributed by atoms with Crippen LogP contribution in [0.1, 0.15) is 29.1 Å². The smallest absolute Gasteiger partial charge is 0.336 e. The van der Waals surface area contributed by atoms with Gasteiger partial charge in [-0.15, -0.1) is 11.3 Å². The van der Waals surface area contributed by atoms with Crippen LogP contribution in [0.5, 0.6) is 5.75 Å². The van der Waals surface area contributed by atoms with Crippen LogP contribution in [0, 0.1) is 5.92 Å². The standard InChI is InChI=1S/C20H19NO6S/c1-11(2)18(21-19(24)16-4-3-7-28-16)20(25)26-10-12-8-17(23)27-15-9-13(22)5-6-14(12)15/h3-9,11,18,22H,10H2,1-2H3,(H,21,24)/t18-/m0/s1. The summed E-state index contributed by atoms with van der Waals surface area (Å²) in [5.74, 6) is -1.17. The van der Waals surface area contributed by atoms with Crippen LogP contribution in [-0.2, 0) is 16.1 Å². The maximum atomic E-state index is 12.6. The number of rotatable bonds is 6. The Morgan fingerprint density at radius 3 is 2.71 bits per heavy atom. The third kappa shape index (κ3) is 4.40. The summed E-state index contributed by atoms with van der Waals surface area (Å²) >= 11 is 1.28. The van der Waals surface area contributed by atoms with E-state index in [4.69, 9.17) is 9.15 Å². The van der Waals surface area contributed by atoms with Crippen molar-refractivity contribution in [2.75, 3.05) is 0 Å². The van der Waals surface area contributed by atoms with Crippen molar-refractivity contribution in [2.45, 2.75) is 26.5 Å². The molecule has 0 bridgehead atoms. The quantitative estimate of drug-likeness (QED) is 0.486. The molecule has 0 fully saturated rings. The molecule has 0 spiro atoms. The van der Waals surface area contributed by atoms with Crippen LogP contribution in [-0.4, -0.2) is 23.0 Å². The normalized spacial score (nSPS) is 12.1. The second-order valence-corrected chi connectivity index (χ2v) is 7.50. The first-order valence-corrected chi connectivity index (χ1v) is 9.50. The van der Waals surface area contributed by atoms with E-state index in [1.54, 1.807) is 37.4 Å². The average Bonchev–Trinajstić information content (AvgIpc) is 3.17. The van der Waals surface area contributed by atoms with Crippen molar-refractivity contribution in [1.29, 1.82) is 0 Å². The SMILES string of the molecule is CC(C)[C@H](NC(=O)c1cccs1)C(=O)OCc1cc(=O)oc2cc(O)ccc12.